The quantitative estimate of drug-likeness (QED) is 0.344. The van der Waals surface area contributed by atoms with Crippen molar-refractivity contribution in [1.29, 1.82) is 0 Å². The predicted molar refractivity (Wildman–Crippen MR) is 34.7 cm³/mol. The maximum absolute atomic E-state index is 10.8. The van der Waals surface area contributed by atoms with Gasteiger partial charge in [-0.25, -0.2) is 0 Å². The first kappa shape index (κ1) is 6.80. The van der Waals surface area contributed by atoms with Crippen molar-refractivity contribution in [2.75, 3.05) is 0 Å². The summed E-state index contributed by atoms with van der Waals surface area (Å²) in [6.45, 7) is 1.60. The summed E-state index contributed by atoms with van der Waals surface area (Å²) in [7, 11) is 0. The average molecular weight is 140 g/mol. The Bertz CT molecular complexity index is 226. The van der Waals surface area contributed by atoms with E-state index in [1.807, 2.05) is 0 Å². The van der Waals surface area contributed by atoms with E-state index in [0.29, 0.717) is 11.3 Å². The van der Waals surface area contributed by atoms with Gasteiger partial charge in [0.1, 0.15) is 0 Å². The van der Waals surface area contributed by atoms with Crippen LogP contribution >= 0.6 is 0 Å². The molecule has 0 aliphatic carbocycles. The molecule has 0 aromatic carbocycles. The van der Waals surface area contributed by atoms with Gasteiger partial charge in [-0.2, -0.15) is 0 Å². The van der Waals surface area contributed by atoms with Crippen LogP contribution in [0.2, 0.25) is 0 Å². The highest BCUT2D eigenvalue weighted by atomic mass is 16.2. The number of carbonyl (C=O) groups excluding carboxylic acids is 2. The van der Waals surface area contributed by atoms with Gasteiger partial charge in [-0.05, 0) is 6.92 Å². The predicted octanol–water partition coefficient (Wildman–Crippen LogP) is -0.734. The second kappa shape index (κ2) is 2.13. The van der Waals surface area contributed by atoms with Crippen LogP contribution in [0.3, 0.4) is 0 Å². The highest BCUT2D eigenvalue weighted by molar-refractivity contribution is 6.13. The van der Waals surface area contributed by atoms with Crippen LogP contribution in [0.5, 0.6) is 0 Å². The molecule has 0 saturated carbocycles. The lowest BCUT2D eigenvalue weighted by atomic mass is 10.2. The summed E-state index contributed by atoms with van der Waals surface area (Å²) in [4.78, 5) is 21.3. The molecule has 54 valence electrons. The van der Waals surface area contributed by atoms with Gasteiger partial charge in [0, 0.05) is 11.3 Å². The molecule has 1 saturated heterocycles. The van der Waals surface area contributed by atoms with Crippen molar-refractivity contribution in [2.24, 2.45) is 5.73 Å². The monoisotopic (exact) mass is 140 g/mol. The SMILES string of the molecule is C/C(N)=C1/CC(=O)NC1=O. The van der Waals surface area contributed by atoms with Crippen molar-refractivity contribution in [2.45, 2.75) is 13.3 Å². The summed E-state index contributed by atoms with van der Waals surface area (Å²) in [6, 6.07) is 0. The normalized spacial score (nSPS) is 22.9. The highest BCUT2D eigenvalue weighted by Gasteiger charge is 2.24. The summed E-state index contributed by atoms with van der Waals surface area (Å²) in [5.41, 5.74) is 6.13. The van der Waals surface area contributed by atoms with Gasteiger partial charge in [0.15, 0.2) is 0 Å². The molecule has 1 fully saturated rings. The third kappa shape index (κ3) is 1.00. The molecule has 0 radical (unpaired) electrons. The number of nitrogens with two attached hydrogens (primary N) is 1. The molecule has 0 spiro atoms. The fraction of sp³-hybridized carbons (Fsp3) is 0.333. The molecule has 0 aromatic rings. The zero-order valence-electron chi connectivity index (χ0n) is 5.60. The first-order chi connectivity index (χ1) is 4.61. The Morgan fingerprint density at radius 2 is 2.20 bits per heavy atom. The molecule has 2 amide bonds. The number of nitrogens with one attached hydrogen (secondary N) is 1. The van der Waals surface area contributed by atoms with Crippen molar-refractivity contribution in [3.63, 3.8) is 0 Å². The first-order valence-electron chi connectivity index (χ1n) is 2.90. The minimum Gasteiger partial charge on any atom is -0.402 e. The Kier molecular flexibility index (Phi) is 1.45. The third-order valence-corrected chi connectivity index (χ3v) is 1.34. The molecular weight excluding hydrogens is 132 g/mol. The van der Waals surface area contributed by atoms with Crippen molar-refractivity contribution < 1.29 is 9.59 Å². The third-order valence-electron chi connectivity index (χ3n) is 1.34. The van der Waals surface area contributed by atoms with Crippen LogP contribution in [-0.4, -0.2) is 11.8 Å². The van der Waals surface area contributed by atoms with Gasteiger partial charge in [0.2, 0.25) is 5.91 Å². The molecule has 1 aliphatic heterocycles. The van der Waals surface area contributed by atoms with Gasteiger partial charge >= 0.3 is 0 Å². The Morgan fingerprint density at radius 3 is 2.40 bits per heavy atom. The Morgan fingerprint density at radius 1 is 1.60 bits per heavy atom. The van der Waals surface area contributed by atoms with Gasteiger partial charge in [-0.3, -0.25) is 14.9 Å². The Labute approximate surface area is 58.1 Å². The van der Waals surface area contributed by atoms with Gasteiger partial charge in [-0.1, -0.05) is 0 Å². The fourth-order valence-corrected chi connectivity index (χ4v) is 0.806. The molecule has 0 atom stereocenters. The lowest BCUT2D eigenvalue weighted by Crippen LogP contribution is -2.20. The minimum absolute atomic E-state index is 0.126. The van der Waals surface area contributed by atoms with Crippen molar-refractivity contribution in [3.05, 3.63) is 11.3 Å². The van der Waals surface area contributed by atoms with Gasteiger partial charge in [0.25, 0.3) is 5.91 Å². The molecule has 3 N–H and O–H groups in total. The standard InChI is InChI=1S/C6H8N2O2/c1-3(7)4-2-5(9)8-6(4)10/h2,7H2,1H3,(H,8,9,10)/b4-3+. The molecule has 0 unspecified atom stereocenters. The maximum atomic E-state index is 10.8. The summed E-state index contributed by atoms with van der Waals surface area (Å²) in [6.07, 6.45) is 0.126. The Hall–Kier alpha value is -1.32. The molecule has 0 aromatic heterocycles. The molecule has 1 rings (SSSR count). The fourth-order valence-electron chi connectivity index (χ4n) is 0.806. The number of carbonyl (C=O) groups is 2. The second-order valence-corrected chi connectivity index (χ2v) is 2.22. The number of allylic oxidation sites excluding steroid dienone is 1. The van der Waals surface area contributed by atoms with Crippen molar-refractivity contribution in [3.8, 4) is 0 Å². The van der Waals surface area contributed by atoms with Crippen LogP contribution in [0.25, 0.3) is 0 Å². The van der Waals surface area contributed by atoms with E-state index in [4.69, 9.17) is 5.73 Å². The smallest absolute Gasteiger partial charge is 0.256 e. The maximum Gasteiger partial charge on any atom is 0.256 e. The molecule has 0 bridgehead atoms. The van der Waals surface area contributed by atoms with Crippen LogP contribution < -0.4 is 11.1 Å². The van der Waals surface area contributed by atoms with E-state index in [1.54, 1.807) is 6.92 Å². The van der Waals surface area contributed by atoms with Gasteiger partial charge in [0.05, 0.1) is 6.42 Å². The molecule has 4 heteroatoms. The zero-order valence-corrected chi connectivity index (χ0v) is 5.60. The summed E-state index contributed by atoms with van der Waals surface area (Å²) < 4.78 is 0. The lowest BCUT2D eigenvalue weighted by Gasteiger charge is -1.92. The van der Waals surface area contributed by atoms with Crippen molar-refractivity contribution in [1.82, 2.24) is 5.32 Å². The van der Waals surface area contributed by atoms with Crippen LogP contribution in [0, 0.1) is 0 Å². The van der Waals surface area contributed by atoms with E-state index >= 15 is 0 Å². The van der Waals surface area contributed by atoms with E-state index in [0.717, 1.165) is 0 Å². The van der Waals surface area contributed by atoms with E-state index in [-0.39, 0.29) is 18.2 Å². The van der Waals surface area contributed by atoms with Crippen LogP contribution in [-0.2, 0) is 9.59 Å². The minimum atomic E-state index is -0.356. The molecule has 1 aliphatic rings. The van der Waals surface area contributed by atoms with E-state index in [1.165, 1.54) is 0 Å². The average Bonchev–Trinajstić information content (AvgIpc) is 2.10. The van der Waals surface area contributed by atoms with Gasteiger partial charge in [-0.15, -0.1) is 0 Å². The Balaban J connectivity index is 2.93. The van der Waals surface area contributed by atoms with Crippen LogP contribution in [0.4, 0.5) is 0 Å². The number of amides is 2. The van der Waals surface area contributed by atoms with Crippen LogP contribution in [0.1, 0.15) is 13.3 Å². The van der Waals surface area contributed by atoms with Crippen LogP contribution in [0.15, 0.2) is 11.3 Å². The largest absolute Gasteiger partial charge is 0.402 e. The molecular formula is C6H8N2O2. The van der Waals surface area contributed by atoms with E-state index in [2.05, 4.69) is 5.32 Å². The van der Waals surface area contributed by atoms with Crippen molar-refractivity contribution >= 4 is 11.8 Å². The first-order valence-corrected chi connectivity index (χ1v) is 2.90. The lowest BCUT2D eigenvalue weighted by molar-refractivity contribution is -0.124. The second-order valence-electron chi connectivity index (χ2n) is 2.22. The van der Waals surface area contributed by atoms with E-state index < -0.39 is 0 Å². The number of imide groups is 1. The topological polar surface area (TPSA) is 72.2 Å². The number of hydrogen-bond acceptors (Lipinski definition) is 3. The number of rotatable bonds is 0. The molecule has 10 heavy (non-hydrogen) atoms. The summed E-state index contributed by atoms with van der Waals surface area (Å²) in [5, 5.41) is 2.13. The number of hydrogen-bond donors (Lipinski definition) is 2. The highest BCUT2D eigenvalue weighted by Crippen LogP contribution is 2.10. The van der Waals surface area contributed by atoms with E-state index in [9.17, 15) is 9.59 Å². The molecule has 1 heterocycles. The zero-order chi connectivity index (χ0) is 7.72. The van der Waals surface area contributed by atoms with Gasteiger partial charge < -0.3 is 5.73 Å². The summed E-state index contributed by atoms with van der Waals surface area (Å²) >= 11 is 0. The molecule has 4 nitrogen and oxygen atoms in total. The summed E-state index contributed by atoms with van der Waals surface area (Å²) in [5.74, 6) is -0.630.